The van der Waals surface area contributed by atoms with E-state index in [1.165, 1.54) is 18.9 Å². The number of benzene rings is 2. The summed E-state index contributed by atoms with van der Waals surface area (Å²) >= 11 is 0. The predicted octanol–water partition coefficient (Wildman–Crippen LogP) is 2.10. The summed E-state index contributed by atoms with van der Waals surface area (Å²) in [6.07, 6.45) is -0.0605. The van der Waals surface area contributed by atoms with Crippen LogP contribution in [0.1, 0.15) is 18.9 Å². The van der Waals surface area contributed by atoms with Crippen LogP contribution in [-0.2, 0) is 20.9 Å². The average molecular weight is 396 g/mol. The number of ether oxygens (including phenoxy) is 3. The molecule has 1 saturated heterocycles. The normalized spacial score (nSPS) is 17.6. The Morgan fingerprint density at radius 1 is 1.14 bits per heavy atom. The highest BCUT2D eigenvalue weighted by Crippen LogP contribution is 2.34. The number of rotatable bonds is 5. The SMILES string of the molecule is COc1ccc(N2C(=O)CC(N(Cc3ccc4c(c3)OCO4)C(C)=O)C2=O)cc1. The Bertz CT molecular complexity index is 972. The number of nitrogens with zero attached hydrogens (tertiary/aromatic N) is 2. The molecule has 0 aliphatic carbocycles. The lowest BCUT2D eigenvalue weighted by Gasteiger charge is -2.26. The third-order valence-electron chi connectivity index (χ3n) is 5.02. The number of methoxy groups -OCH3 is 1. The Morgan fingerprint density at radius 2 is 1.86 bits per heavy atom. The summed E-state index contributed by atoms with van der Waals surface area (Å²) in [7, 11) is 1.54. The molecule has 4 rings (SSSR count). The van der Waals surface area contributed by atoms with Gasteiger partial charge in [-0.15, -0.1) is 0 Å². The molecule has 2 aliphatic rings. The van der Waals surface area contributed by atoms with Gasteiger partial charge in [-0.1, -0.05) is 6.07 Å². The molecule has 1 atom stereocenters. The molecule has 2 aromatic rings. The highest BCUT2D eigenvalue weighted by Gasteiger charge is 2.43. The first kappa shape index (κ1) is 18.8. The van der Waals surface area contributed by atoms with Crippen LogP contribution in [0.5, 0.6) is 17.2 Å². The molecule has 150 valence electrons. The molecule has 0 bridgehead atoms. The van der Waals surface area contributed by atoms with E-state index in [1.54, 1.807) is 36.4 Å². The quantitative estimate of drug-likeness (QED) is 0.720. The molecular weight excluding hydrogens is 376 g/mol. The lowest BCUT2D eigenvalue weighted by molar-refractivity contribution is -0.137. The average Bonchev–Trinajstić information content (AvgIpc) is 3.29. The Balaban J connectivity index is 1.56. The van der Waals surface area contributed by atoms with Crippen LogP contribution in [0.25, 0.3) is 0 Å². The van der Waals surface area contributed by atoms with Gasteiger partial charge < -0.3 is 19.1 Å². The van der Waals surface area contributed by atoms with Crippen LogP contribution in [0, 0.1) is 0 Å². The van der Waals surface area contributed by atoms with Gasteiger partial charge in [-0.25, -0.2) is 4.90 Å². The van der Waals surface area contributed by atoms with Crippen LogP contribution in [0.15, 0.2) is 42.5 Å². The molecule has 29 heavy (non-hydrogen) atoms. The second-order valence-corrected chi connectivity index (χ2v) is 6.82. The Kier molecular flexibility index (Phi) is 4.84. The van der Waals surface area contributed by atoms with E-state index in [-0.39, 0.29) is 31.6 Å². The van der Waals surface area contributed by atoms with Crippen molar-refractivity contribution in [2.75, 3.05) is 18.8 Å². The minimum atomic E-state index is -0.854. The number of carbonyl (C=O) groups excluding carboxylic acids is 3. The van der Waals surface area contributed by atoms with Crippen molar-refractivity contribution in [1.29, 1.82) is 0 Å². The lowest BCUT2D eigenvalue weighted by Crippen LogP contribution is -2.44. The maximum absolute atomic E-state index is 13.0. The topological polar surface area (TPSA) is 85.4 Å². The number of fused-ring (bicyclic) bond motifs is 1. The molecule has 0 spiro atoms. The number of amides is 3. The molecule has 0 radical (unpaired) electrons. The predicted molar refractivity (Wildman–Crippen MR) is 103 cm³/mol. The standard InChI is InChI=1S/C21H20N2O6/c1-13(24)22(11-14-3-8-18-19(9-14)29-12-28-18)17-10-20(25)23(21(17)26)15-4-6-16(27-2)7-5-15/h3-9,17H,10-12H2,1-2H3. The maximum Gasteiger partial charge on any atom is 0.257 e. The molecule has 8 nitrogen and oxygen atoms in total. The molecule has 0 aromatic heterocycles. The fourth-order valence-corrected chi connectivity index (χ4v) is 3.54. The van der Waals surface area contributed by atoms with Gasteiger partial charge >= 0.3 is 0 Å². The van der Waals surface area contributed by atoms with Crippen LogP contribution in [0.4, 0.5) is 5.69 Å². The van der Waals surface area contributed by atoms with Gasteiger partial charge in [-0.3, -0.25) is 14.4 Å². The second-order valence-electron chi connectivity index (χ2n) is 6.82. The first-order valence-electron chi connectivity index (χ1n) is 9.14. The van der Waals surface area contributed by atoms with E-state index in [1.807, 2.05) is 6.07 Å². The van der Waals surface area contributed by atoms with E-state index in [4.69, 9.17) is 14.2 Å². The van der Waals surface area contributed by atoms with E-state index in [2.05, 4.69) is 0 Å². The Hall–Kier alpha value is -3.55. The summed E-state index contributed by atoms with van der Waals surface area (Å²) in [6, 6.07) is 11.2. The number of carbonyl (C=O) groups is 3. The number of hydrogen-bond donors (Lipinski definition) is 0. The van der Waals surface area contributed by atoms with Gasteiger partial charge in [-0.2, -0.15) is 0 Å². The van der Waals surface area contributed by atoms with Crippen molar-refractivity contribution in [3.63, 3.8) is 0 Å². The van der Waals surface area contributed by atoms with Gasteiger partial charge in [-0.05, 0) is 42.0 Å². The van der Waals surface area contributed by atoms with Gasteiger partial charge in [0.2, 0.25) is 18.6 Å². The van der Waals surface area contributed by atoms with E-state index in [9.17, 15) is 14.4 Å². The summed E-state index contributed by atoms with van der Waals surface area (Å²) in [5.41, 5.74) is 1.24. The molecule has 0 saturated carbocycles. The van der Waals surface area contributed by atoms with Crippen LogP contribution in [0.3, 0.4) is 0 Å². The molecule has 2 aromatic carbocycles. The maximum atomic E-state index is 13.0. The molecule has 3 amide bonds. The van der Waals surface area contributed by atoms with Gasteiger partial charge in [0.25, 0.3) is 5.91 Å². The lowest BCUT2D eigenvalue weighted by atomic mass is 10.1. The van der Waals surface area contributed by atoms with Crippen molar-refractivity contribution in [2.45, 2.75) is 25.9 Å². The number of anilines is 1. The minimum absolute atomic E-state index is 0.0605. The highest BCUT2D eigenvalue weighted by atomic mass is 16.7. The monoisotopic (exact) mass is 396 g/mol. The van der Waals surface area contributed by atoms with Crippen LogP contribution < -0.4 is 19.1 Å². The highest BCUT2D eigenvalue weighted by molar-refractivity contribution is 6.23. The molecule has 1 fully saturated rings. The van der Waals surface area contributed by atoms with E-state index in [0.29, 0.717) is 22.9 Å². The molecule has 1 unspecified atom stereocenters. The van der Waals surface area contributed by atoms with Crippen molar-refractivity contribution in [2.24, 2.45) is 0 Å². The molecule has 8 heteroatoms. The first-order chi connectivity index (χ1) is 14.0. The molecule has 2 aliphatic heterocycles. The third-order valence-corrected chi connectivity index (χ3v) is 5.02. The number of hydrogen-bond acceptors (Lipinski definition) is 6. The third kappa shape index (κ3) is 3.49. The second kappa shape index (κ2) is 7.46. The first-order valence-corrected chi connectivity index (χ1v) is 9.14. The zero-order chi connectivity index (χ0) is 20.5. The zero-order valence-corrected chi connectivity index (χ0v) is 16.1. The largest absolute Gasteiger partial charge is 0.497 e. The van der Waals surface area contributed by atoms with Crippen molar-refractivity contribution < 1.29 is 28.6 Å². The van der Waals surface area contributed by atoms with E-state index >= 15 is 0 Å². The zero-order valence-electron chi connectivity index (χ0n) is 16.1. The van der Waals surface area contributed by atoms with Gasteiger partial charge in [0.05, 0.1) is 19.2 Å². The van der Waals surface area contributed by atoms with Crippen molar-refractivity contribution in [3.05, 3.63) is 48.0 Å². The van der Waals surface area contributed by atoms with Crippen molar-refractivity contribution in [1.82, 2.24) is 4.90 Å². The Morgan fingerprint density at radius 3 is 2.55 bits per heavy atom. The van der Waals surface area contributed by atoms with Crippen LogP contribution in [0.2, 0.25) is 0 Å². The Labute approximate surface area is 167 Å². The van der Waals surface area contributed by atoms with Crippen molar-refractivity contribution in [3.8, 4) is 17.2 Å². The fraction of sp³-hybridized carbons (Fsp3) is 0.286. The van der Waals surface area contributed by atoms with Gasteiger partial charge in [0, 0.05) is 13.5 Å². The fourth-order valence-electron chi connectivity index (χ4n) is 3.54. The van der Waals surface area contributed by atoms with Gasteiger partial charge in [0.15, 0.2) is 11.5 Å². The van der Waals surface area contributed by atoms with Gasteiger partial charge in [0.1, 0.15) is 11.8 Å². The van der Waals surface area contributed by atoms with Crippen LogP contribution >= 0.6 is 0 Å². The molecular formula is C21H20N2O6. The van der Waals surface area contributed by atoms with E-state index in [0.717, 1.165) is 10.5 Å². The number of imide groups is 1. The van der Waals surface area contributed by atoms with Crippen molar-refractivity contribution >= 4 is 23.4 Å². The summed E-state index contributed by atoms with van der Waals surface area (Å²) in [4.78, 5) is 40.5. The van der Waals surface area contributed by atoms with Crippen LogP contribution in [-0.4, -0.2) is 42.6 Å². The summed E-state index contributed by atoms with van der Waals surface area (Å²) in [5, 5.41) is 0. The summed E-state index contributed by atoms with van der Waals surface area (Å²) < 4.78 is 15.8. The summed E-state index contributed by atoms with van der Waals surface area (Å²) in [5.74, 6) is 0.807. The smallest absolute Gasteiger partial charge is 0.257 e. The summed E-state index contributed by atoms with van der Waals surface area (Å²) in [6.45, 7) is 1.73. The van der Waals surface area contributed by atoms with E-state index < -0.39 is 11.9 Å². The minimum Gasteiger partial charge on any atom is -0.497 e. The molecule has 0 N–H and O–H groups in total. The molecule has 2 heterocycles.